The summed E-state index contributed by atoms with van der Waals surface area (Å²) in [5.74, 6) is -0.0556. The standard InChI is InChI=1S/C24H28BrN3O4S/c1-3-5-6-9-15-32-21-13-12-17(25)16-19(21)22(29)26-24(33)28-27-23(30)18-10-7-8-11-20(18)31-14-4-2/h4,7-8,10-13,16H,2-3,5-6,9,14-15H2,1H3,(H,27,30)(H2,26,28,29,33). The maximum Gasteiger partial charge on any atom is 0.273 e. The van der Waals surface area contributed by atoms with Crippen molar-refractivity contribution in [3.8, 4) is 11.5 Å². The minimum atomic E-state index is -0.468. The first kappa shape index (κ1) is 26.3. The predicted molar refractivity (Wildman–Crippen MR) is 137 cm³/mol. The Labute approximate surface area is 208 Å². The molecule has 0 fully saturated rings. The molecule has 0 aromatic heterocycles. The average Bonchev–Trinajstić information content (AvgIpc) is 2.82. The van der Waals surface area contributed by atoms with E-state index in [2.05, 4.69) is 45.6 Å². The van der Waals surface area contributed by atoms with Gasteiger partial charge in [-0.2, -0.15) is 0 Å². The van der Waals surface area contributed by atoms with Crippen LogP contribution in [-0.4, -0.2) is 30.1 Å². The molecule has 2 rings (SSSR count). The number of para-hydroxylation sites is 1. The number of hydrogen-bond acceptors (Lipinski definition) is 5. The van der Waals surface area contributed by atoms with Gasteiger partial charge in [-0.25, -0.2) is 0 Å². The number of unbranched alkanes of at least 4 members (excludes halogenated alkanes) is 3. The average molecular weight is 534 g/mol. The Morgan fingerprint density at radius 3 is 2.52 bits per heavy atom. The number of nitrogens with one attached hydrogen (secondary N) is 3. The molecule has 7 nitrogen and oxygen atoms in total. The molecule has 0 heterocycles. The Balaban J connectivity index is 1.94. The van der Waals surface area contributed by atoms with Crippen LogP contribution in [0.4, 0.5) is 0 Å². The molecule has 176 valence electrons. The highest BCUT2D eigenvalue weighted by Crippen LogP contribution is 2.24. The summed E-state index contributed by atoms with van der Waals surface area (Å²) in [6.07, 6.45) is 5.86. The van der Waals surface area contributed by atoms with Crippen LogP contribution in [0, 0.1) is 0 Å². The Bertz CT molecular complexity index is 984. The largest absolute Gasteiger partial charge is 0.493 e. The van der Waals surface area contributed by atoms with Crippen LogP contribution in [0.25, 0.3) is 0 Å². The highest BCUT2D eigenvalue weighted by molar-refractivity contribution is 9.10. The van der Waals surface area contributed by atoms with Gasteiger partial charge >= 0.3 is 0 Å². The first-order chi connectivity index (χ1) is 16.0. The van der Waals surface area contributed by atoms with Crippen molar-refractivity contribution in [3.63, 3.8) is 0 Å². The predicted octanol–water partition coefficient (Wildman–Crippen LogP) is 4.92. The molecule has 0 radical (unpaired) electrons. The van der Waals surface area contributed by atoms with Gasteiger partial charge in [0.2, 0.25) is 0 Å². The highest BCUT2D eigenvalue weighted by atomic mass is 79.9. The first-order valence-electron chi connectivity index (χ1n) is 10.6. The number of halogens is 1. The summed E-state index contributed by atoms with van der Waals surface area (Å²) < 4.78 is 12.0. The van der Waals surface area contributed by atoms with Crippen molar-refractivity contribution in [1.82, 2.24) is 16.2 Å². The summed E-state index contributed by atoms with van der Waals surface area (Å²) in [5.41, 5.74) is 5.64. The number of benzene rings is 2. The number of carbonyl (C=O) groups is 2. The number of hydrogen-bond donors (Lipinski definition) is 3. The quantitative estimate of drug-likeness (QED) is 0.164. The number of thiocarbonyl (C=S) groups is 1. The lowest BCUT2D eigenvalue weighted by atomic mass is 10.2. The molecule has 9 heteroatoms. The lowest BCUT2D eigenvalue weighted by Gasteiger charge is -2.15. The lowest BCUT2D eigenvalue weighted by Crippen LogP contribution is -2.48. The molecule has 2 aromatic rings. The molecule has 0 unspecified atom stereocenters. The fraction of sp³-hybridized carbons (Fsp3) is 0.292. The minimum absolute atomic E-state index is 0.0632. The monoisotopic (exact) mass is 533 g/mol. The number of rotatable bonds is 11. The molecule has 33 heavy (non-hydrogen) atoms. The Morgan fingerprint density at radius 2 is 1.76 bits per heavy atom. The number of ether oxygens (including phenoxy) is 2. The van der Waals surface area contributed by atoms with Gasteiger partial charge in [0.1, 0.15) is 18.1 Å². The fourth-order valence-electron chi connectivity index (χ4n) is 2.83. The molecule has 0 aliphatic carbocycles. The molecule has 0 atom stereocenters. The van der Waals surface area contributed by atoms with Crippen molar-refractivity contribution in [1.29, 1.82) is 0 Å². The molecule has 0 saturated carbocycles. The van der Waals surface area contributed by atoms with Crippen LogP contribution >= 0.6 is 28.1 Å². The maximum absolute atomic E-state index is 12.8. The molecule has 0 saturated heterocycles. The number of hydrazine groups is 1. The SMILES string of the molecule is C=CCOc1ccccc1C(=O)NNC(=S)NC(=O)c1cc(Br)ccc1OCCCCCC. The van der Waals surface area contributed by atoms with Crippen molar-refractivity contribution in [2.75, 3.05) is 13.2 Å². The van der Waals surface area contributed by atoms with Crippen molar-refractivity contribution in [3.05, 3.63) is 70.7 Å². The van der Waals surface area contributed by atoms with E-state index in [0.29, 0.717) is 29.2 Å². The Morgan fingerprint density at radius 1 is 1.00 bits per heavy atom. The normalized spacial score (nSPS) is 10.1. The van der Waals surface area contributed by atoms with E-state index in [-0.39, 0.29) is 11.7 Å². The second-order valence-electron chi connectivity index (χ2n) is 7.01. The molecular weight excluding hydrogens is 506 g/mol. The van der Waals surface area contributed by atoms with Gasteiger partial charge in [0, 0.05) is 4.47 Å². The Hall–Kier alpha value is -2.91. The van der Waals surface area contributed by atoms with Gasteiger partial charge < -0.3 is 9.47 Å². The summed E-state index contributed by atoms with van der Waals surface area (Å²) in [6.45, 7) is 6.53. The topological polar surface area (TPSA) is 88.7 Å². The zero-order valence-electron chi connectivity index (χ0n) is 18.5. The van der Waals surface area contributed by atoms with E-state index in [1.54, 1.807) is 48.5 Å². The van der Waals surface area contributed by atoms with Crippen LogP contribution in [0.2, 0.25) is 0 Å². The van der Waals surface area contributed by atoms with E-state index in [9.17, 15) is 9.59 Å². The van der Waals surface area contributed by atoms with Crippen molar-refractivity contribution in [2.24, 2.45) is 0 Å². The zero-order valence-corrected chi connectivity index (χ0v) is 20.9. The Kier molecular flexibility index (Phi) is 11.4. The lowest BCUT2D eigenvalue weighted by molar-refractivity contribution is 0.0930. The van der Waals surface area contributed by atoms with Crippen molar-refractivity contribution >= 4 is 45.1 Å². The molecule has 2 amide bonds. The van der Waals surface area contributed by atoms with Gasteiger partial charge in [0.05, 0.1) is 17.7 Å². The van der Waals surface area contributed by atoms with E-state index < -0.39 is 11.8 Å². The van der Waals surface area contributed by atoms with Gasteiger partial charge in [-0.1, -0.05) is 66.9 Å². The molecule has 2 aromatic carbocycles. The highest BCUT2D eigenvalue weighted by Gasteiger charge is 2.16. The van der Waals surface area contributed by atoms with Crippen LogP contribution in [0.3, 0.4) is 0 Å². The summed E-state index contributed by atoms with van der Waals surface area (Å²) in [4.78, 5) is 25.3. The molecular formula is C24H28BrN3O4S. The summed E-state index contributed by atoms with van der Waals surface area (Å²) in [6, 6.07) is 12.0. The molecule has 3 N–H and O–H groups in total. The third kappa shape index (κ3) is 8.86. The van der Waals surface area contributed by atoms with Crippen LogP contribution in [0.5, 0.6) is 11.5 Å². The van der Waals surface area contributed by atoms with E-state index in [1.165, 1.54) is 0 Å². The molecule has 0 bridgehead atoms. The molecule has 0 spiro atoms. The van der Waals surface area contributed by atoms with Gasteiger partial charge in [-0.3, -0.25) is 25.8 Å². The molecule has 0 aliphatic heterocycles. The van der Waals surface area contributed by atoms with E-state index in [4.69, 9.17) is 21.7 Å². The second kappa shape index (κ2) is 14.3. The van der Waals surface area contributed by atoms with Crippen LogP contribution < -0.4 is 25.6 Å². The number of carbonyl (C=O) groups excluding carboxylic acids is 2. The van der Waals surface area contributed by atoms with Gasteiger partial charge in [-0.05, 0) is 49.0 Å². The van der Waals surface area contributed by atoms with Gasteiger partial charge in [0.15, 0.2) is 5.11 Å². The van der Waals surface area contributed by atoms with Crippen LogP contribution in [0.1, 0.15) is 53.3 Å². The summed E-state index contributed by atoms with van der Waals surface area (Å²) >= 11 is 8.53. The van der Waals surface area contributed by atoms with E-state index >= 15 is 0 Å². The van der Waals surface area contributed by atoms with Crippen LogP contribution in [0.15, 0.2) is 59.6 Å². The number of amides is 2. The smallest absolute Gasteiger partial charge is 0.273 e. The molecule has 0 aliphatic rings. The van der Waals surface area contributed by atoms with Crippen LogP contribution in [-0.2, 0) is 0 Å². The third-order valence-electron chi connectivity index (χ3n) is 4.45. The summed E-state index contributed by atoms with van der Waals surface area (Å²) in [7, 11) is 0. The van der Waals surface area contributed by atoms with Crippen molar-refractivity contribution in [2.45, 2.75) is 32.6 Å². The second-order valence-corrected chi connectivity index (χ2v) is 8.33. The van der Waals surface area contributed by atoms with Gasteiger partial charge in [0.25, 0.3) is 11.8 Å². The first-order valence-corrected chi connectivity index (χ1v) is 11.8. The fourth-order valence-corrected chi connectivity index (χ4v) is 3.33. The third-order valence-corrected chi connectivity index (χ3v) is 5.14. The van der Waals surface area contributed by atoms with E-state index in [0.717, 1.165) is 30.2 Å². The van der Waals surface area contributed by atoms with E-state index in [1.807, 2.05) is 0 Å². The van der Waals surface area contributed by atoms with Crippen molar-refractivity contribution < 1.29 is 19.1 Å². The minimum Gasteiger partial charge on any atom is -0.493 e. The zero-order chi connectivity index (χ0) is 24.1. The maximum atomic E-state index is 12.8. The summed E-state index contributed by atoms with van der Waals surface area (Å²) in [5, 5.41) is 2.49. The van der Waals surface area contributed by atoms with Gasteiger partial charge in [-0.15, -0.1) is 0 Å².